The molecule has 1 N–H and O–H groups in total. The van der Waals surface area contributed by atoms with Gasteiger partial charge >= 0.3 is 0 Å². The molecule has 0 saturated heterocycles. The van der Waals surface area contributed by atoms with Crippen molar-refractivity contribution in [1.82, 2.24) is 0 Å². The van der Waals surface area contributed by atoms with Crippen molar-refractivity contribution in [2.75, 3.05) is 11.9 Å². The van der Waals surface area contributed by atoms with Gasteiger partial charge in [0.2, 0.25) is 0 Å². The number of hydrogen-bond acceptors (Lipinski definition) is 1. The summed E-state index contributed by atoms with van der Waals surface area (Å²) in [5.74, 6) is 0. The second-order valence-corrected chi connectivity index (χ2v) is 5.13. The van der Waals surface area contributed by atoms with Gasteiger partial charge < -0.3 is 5.32 Å². The Morgan fingerprint density at radius 3 is 2.47 bits per heavy atom. The van der Waals surface area contributed by atoms with Crippen LogP contribution in [0, 0.1) is 0 Å². The first-order valence-corrected chi connectivity index (χ1v) is 6.62. The second-order valence-electron chi connectivity index (χ2n) is 5.13. The van der Waals surface area contributed by atoms with Gasteiger partial charge in [0.25, 0.3) is 0 Å². The van der Waals surface area contributed by atoms with Gasteiger partial charge in [0.1, 0.15) is 0 Å². The van der Waals surface area contributed by atoms with E-state index in [4.69, 9.17) is 0 Å². The lowest BCUT2D eigenvalue weighted by molar-refractivity contribution is 1.14. The highest BCUT2D eigenvalue weighted by atomic mass is 14.9. The van der Waals surface area contributed by atoms with Crippen LogP contribution in [0.15, 0.2) is 55.2 Å². The van der Waals surface area contributed by atoms with E-state index in [1.807, 2.05) is 13.8 Å². The van der Waals surface area contributed by atoms with E-state index in [1.165, 1.54) is 16.7 Å². The smallest absolute Gasteiger partial charge is 0.0366 e. The molecular formula is C18H21N. The zero-order valence-electron chi connectivity index (χ0n) is 11.8. The molecule has 0 heterocycles. The maximum Gasteiger partial charge on any atom is 0.0366 e. The largest absolute Gasteiger partial charge is 0.381 e. The van der Waals surface area contributed by atoms with Gasteiger partial charge in [-0.05, 0) is 49.1 Å². The number of hydrogen-bond donors (Lipinski definition) is 1. The van der Waals surface area contributed by atoms with Crippen LogP contribution in [0.25, 0.3) is 11.1 Å². The summed E-state index contributed by atoms with van der Waals surface area (Å²) in [6, 6.07) is 6.39. The predicted molar refractivity (Wildman–Crippen MR) is 86.2 cm³/mol. The molecule has 0 spiro atoms. The number of allylic oxidation sites excluding steroid dienone is 5. The monoisotopic (exact) mass is 251 g/mol. The lowest BCUT2D eigenvalue weighted by Crippen LogP contribution is -2.04. The Labute approximate surface area is 116 Å². The third-order valence-electron chi connectivity index (χ3n) is 3.31. The molecule has 0 fully saturated rings. The highest BCUT2D eigenvalue weighted by molar-refractivity contribution is 5.78. The van der Waals surface area contributed by atoms with Crippen molar-refractivity contribution in [2.45, 2.75) is 20.3 Å². The van der Waals surface area contributed by atoms with Gasteiger partial charge in [0, 0.05) is 12.2 Å². The Hall–Kier alpha value is -2.02. The Morgan fingerprint density at radius 2 is 1.89 bits per heavy atom. The van der Waals surface area contributed by atoms with E-state index in [0.717, 1.165) is 29.8 Å². The van der Waals surface area contributed by atoms with Gasteiger partial charge in [0.05, 0.1) is 0 Å². The molecule has 1 nitrogen and oxygen atoms in total. The SMILES string of the molecule is C=C(C)c1ccc(NCC2=CC=CC2)cc1C(=C)C. The minimum absolute atomic E-state index is 0.898. The maximum absolute atomic E-state index is 4.06. The molecular weight excluding hydrogens is 230 g/mol. The molecule has 0 saturated carbocycles. The molecule has 1 heteroatoms. The molecule has 0 radical (unpaired) electrons. The van der Waals surface area contributed by atoms with Gasteiger partial charge in [0.15, 0.2) is 0 Å². The summed E-state index contributed by atoms with van der Waals surface area (Å²) >= 11 is 0. The standard InChI is InChI=1S/C18H21N/c1-13(2)17-10-9-16(11-18(17)14(3)4)19-12-15-7-5-6-8-15/h5-7,9-11,19H,1,3,8,12H2,2,4H3. The molecule has 0 aliphatic heterocycles. The molecule has 2 rings (SSSR count). The summed E-state index contributed by atoms with van der Waals surface area (Å²) in [5.41, 5.74) is 7.06. The summed E-state index contributed by atoms with van der Waals surface area (Å²) < 4.78 is 0. The number of benzene rings is 1. The third-order valence-corrected chi connectivity index (χ3v) is 3.31. The average molecular weight is 251 g/mol. The van der Waals surface area contributed by atoms with E-state index in [0.29, 0.717) is 0 Å². The van der Waals surface area contributed by atoms with Crippen molar-refractivity contribution >= 4 is 16.8 Å². The molecule has 0 bridgehead atoms. The van der Waals surface area contributed by atoms with Crippen LogP contribution in [0.1, 0.15) is 31.4 Å². The minimum atomic E-state index is 0.898. The molecule has 0 atom stereocenters. The van der Waals surface area contributed by atoms with Crippen LogP contribution in [0.5, 0.6) is 0 Å². The minimum Gasteiger partial charge on any atom is -0.381 e. The van der Waals surface area contributed by atoms with Crippen LogP contribution in [-0.4, -0.2) is 6.54 Å². The summed E-state index contributed by atoms with van der Waals surface area (Å²) in [5, 5.41) is 3.47. The van der Waals surface area contributed by atoms with E-state index in [-0.39, 0.29) is 0 Å². The third kappa shape index (κ3) is 3.25. The van der Waals surface area contributed by atoms with Crippen molar-refractivity contribution in [2.24, 2.45) is 0 Å². The van der Waals surface area contributed by atoms with Crippen LogP contribution in [0.4, 0.5) is 5.69 Å². The highest BCUT2D eigenvalue weighted by Crippen LogP contribution is 2.26. The Bertz CT molecular complexity index is 573. The van der Waals surface area contributed by atoms with Crippen LogP contribution < -0.4 is 5.32 Å². The van der Waals surface area contributed by atoms with Crippen LogP contribution >= 0.6 is 0 Å². The molecule has 98 valence electrons. The molecule has 19 heavy (non-hydrogen) atoms. The number of nitrogens with one attached hydrogen (secondary N) is 1. The first kappa shape index (κ1) is 13.4. The fourth-order valence-electron chi connectivity index (χ4n) is 2.22. The molecule has 0 unspecified atom stereocenters. The van der Waals surface area contributed by atoms with Gasteiger partial charge in [-0.25, -0.2) is 0 Å². The second kappa shape index (κ2) is 5.75. The normalized spacial score (nSPS) is 13.3. The first-order chi connectivity index (χ1) is 9.08. The van der Waals surface area contributed by atoms with Crippen LogP contribution in [0.3, 0.4) is 0 Å². The van der Waals surface area contributed by atoms with E-state index in [1.54, 1.807) is 0 Å². The zero-order chi connectivity index (χ0) is 13.8. The van der Waals surface area contributed by atoms with Crippen molar-refractivity contribution in [3.8, 4) is 0 Å². The molecule has 0 amide bonds. The molecule has 1 aromatic carbocycles. The Kier molecular flexibility index (Phi) is 4.06. The highest BCUT2D eigenvalue weighted by Gasteiger charge is 2.06. The molecule has 0 aromatic heterocycles. The topological polar surface area (TPSA) is 12.0 Å². The lowest BCUT2D eigenvalue weighted by atomic mass is 9.97. The Balaban J connectivity index is 2.16. The molecule has 1 aliphatic rings. The van der Waals surface area contributed by atoms with E-state index in [2.05, 4.69) is 54.9 Å². The zero-order valence-corrected chi connectivity index (χ0v) is 11.8. The van der Waals surface area contributed by atoms with Crippen LogP contribution in [0.2, 0.25) is 0 Å². The molecule has 1 aromatic rings. The average Bonchev–Trinajstić information content (AvgIpc) is 2.88. The van der Waals surface area contributed by atoms with Gasteiger partial charge in [-0.1, -0.05) is 48.6 Å². The van der Waals surface area contributed by atoms with Crippen molar-refractivity contribution in [3.05, 3.63) is 66.3 Å². The van der Waals surface area contributed by atoms with E-state index in [9.17, 15) is 0 Å². The van der Waals surface area contributed by atoms with Gasteiger partial charge in [-0.15, -0.1) is 0 Å². The fourth-order valence-corrected chi connectivity index (χ4v) is 2.22. The first-order valence-electron chi connectivity index (χ1n) is 6.62. The van der Waals surface area contributed by atoms with E-state index < -0.39 is 0 Å². The number of anilines is 1. The van der Waals surface area contributed by atoms with Gasteiger partial charge in [-0.3, -0.25) is 0 Å². The molecule has 1 aliphatic carbocycles. The van der Waals surface area contributed by atoms with Gasteiger partial charge in [-0.2, -0.15) is 0 Å². The van der Waals surface area contributed by atoms with Crippen molar-refractivity contribution in [1.29, 1.82) is 0 Å². The maximum atomic E-state index is 4.06. The summed E-state index contributed by atoms with van der Waals surface area (Å²) in [6.07, 6.45) is 7.53. The summed E-state index contributed by atoms with van der Waals surface area (Å²) in [4.78, 5) is 0. The van der Waals surface area contributed by atoms with Crippen molar-refractivity contribution < 1.29 is 0 Å². The predicted octanol–water partition coefficient (Wildman–Crippen LogP) is 5.05. The summed E-state index contributed by atoms with van der Waals surface area (Å²) in [6.45, 7) is 13.1. The van der Waals surface area contributed by atoms with E-state index >= 15 is 0 Å². The van der Waals surface area contributed by atoms with Crippen LogP contribution in [-0.2, 0) is 0 Å². The quantitative estimate of drug-likeness (QED) is 0.772. The van der Waals surface area contributed by atoms with Crippen molar-refractivity contribution in [3.63, 3.8) is 0 Å². The summed E-state index contributed by atoms with van der Waals surface area (Å²) in [7, 11) is 0. The number of rotatable bonds is 5. The Morgan fingerprint density at radius 1 is 1.16 bits per heavy atom. The lowest BCUT2D eigenvalue weighted by Gasteiger charge is -2.13. The fraction of sp³-hybridized carbons (Fsp3) is 0.222.